The lowest BCUT2D eigenvalue weighted by Gasteiger charge is -1.99. The van der Waals surface area contributed by atoms with Crippen molar-refractivity contribution in [1.82, 2.24) is 10.2 Å². The molecule has 0 saturated heterocycles. The lowest BCUT2D eigenvalue weighted by molar-refractivity contribution is 0.102. The Balaban J connectivity index is 2.42. The summed E-state index contributed by atoms with van der Waals surface area (Å²) in [5.74, 6) is -1.01. The first-order chi connectivity index (χ1) is 7.29. The van der Waals surface area contributed by atoms with E-state index in [1.165, 1.54) is 30.5 Å². The molecule has 3 nitrogen and oxygen atoms in total. The molecular formula is C11H7FN2O. The summed E-state index contributed by atoms with van der Waals surface area (Å²) in [4.78, 5) is 11.7. The molecule has 0 saturated carbocycles. The molecule has 0 bridgehead atoms. The zero-order valence-electron chi connectivity index (χ0n) is 7.72. The standard InChI is InChI=1S/C11H7FN2O/c12-9-5-2-1-4-8(9)11(15)10-6-3-7-13-14-10/h1-7H. The monoisotopic (exact) mass is 202 g/mol. The Labute approximate surface area is 85.6 Å². The first kappa shape index (κ1) is 9.45. The smallest absolute Gasteiger partial charge is 0.216 e. The molecule has 0 amide bonds. The van der Waals surface area contributed by atoms with Gasteiger partial charge in [-0.15, -0.1) is 5.10 Å². The van der Waals surface area contributed by atoms with Crippen LogP contribution < -0.4 is 0 Å². The van der Waals surface area contributed by atoms with E-state index >= 15 is 0 Å². The second-order valence-electron chi connectivity index (χ2n) is 2.92. The summed E-state index contributed by atoms with van der Waals surface area (Å²) in [7, 11) is 0. The number of carbonyl (C=O) groups excluding carboxylic acids is 1. The van der Waals surface area contributed by atoms with Gasteiger partial charge >= 0.3 is 0 Å². The topological polar surface area (TPSA) is 42.9 Å². The molecule has 0 spiro atoms. The number of hydrogen-bond donors (Lipinski definition) is 0. The zero-order chi connectivity index (χ0) is 10.7. The van der Waals surface area contributed by atoms with Gasteiger partial charge in [-0.05, 0) is 24.3 Å². The minimum absolute atomic E-state index is 0.0120. The van der Waals surface area contributed by atoms with Crippen LogP contribution in [0.1, 0.15) is 16.1 Å². The predicted molar refractivity (Wildman–Crippen MR) is 51.9 cm³/mol. The van der Waals surface area contributed by atoms with E-state index in [1.807, 2.05) is 0 Å². The van der Waals surface area contributed by atoms with Crippen LogP contribution in [-0.4, -0.2) is 16.0 Å². The quantitative estimate of drug-likeness (QED) is 0.698. The summed E-state index contributed by atoms with van der Waals surface area (Å²) in [5, 5.41) is 7.20. The van der Waals surface area contributed by atoms with Gasteiger partial charge in [0, 0.05) is 6.20 Å². The first-order valence-corrected chi connectivity index (χ1v) is 4.36. The SMILES string of the molecule is O=C(c1cccnn1)c1ccccc1F. The van der Waals surface area contributed by atoms with Gasteiger partial charge in [0.05, 0.1) is 5.56 Å². The summed E-state index contributed by atoms with van der Waals surface area (Å²) in [6, 6.07) is 8.88. The third-order valence-electron chi connectivity index (χ3n) is 1.92. The van der Waals surface area contributed by atoms with Crippen molar-refractivity contribution < 1.29 is 9.18 Å². The Hall–Kier alpha value is -2.10. The van der Waals surface area contributed by atoms with Gasteiger partial charge in [0.2, 0.25) is 5.78 Å². The van der Waals surface area contributed by atoms with Crippen molar-refractivity contribution in [2.24, 2.45) is 0 Å². The molecule has 2 rings (SSSR count). The molecule has 0 radical (unpaired) electrons. The number of rotatable bonds is 2. The Bertz CT molecular complexity index is 485. The lowest BCUT2D eigenvalue weighted by atomic mass is 10.1. The van der Waals surface area contributed by atoms with Gasteiger partial charge in [-0.3, -0.25) is 4.79 Å². The molecule has 4 heteroatoms. The molecule has 0 fully saturated rings. The van der Waals surface area contributed by atoms with E-state index in [1.54, 1.807) is 12.1 Å². The maximum atomic E-state index is 13.3. The van der Waals surface area contributed by atoms with Crippen LogP contribution in [0.3, 0.4) is 0 Å². The van der Waals surface area contributed by atoms with Crippen molar-refractivity contribution in [3.63, 3.8) is 0 Å². The molecule has 0 unspecified atom stereocenters. The summed E-state index contributed by atoms with van der Waals surface area (Å²) in [6.07, 6.45) is 1.46. The maximum absolute atomic E-state index is 13.3. The fourth-order valence-electron chi connectivity index (χ4n) is 1.21. The molecule has 0 atom stereocenters. The summed E-state index contributed by atoms with van der Waals surface area (Å²) in [5.41, 5.74) is 0.153. The second-order valence-corrected chi connectivity index (χ2v) is 2.92. The van der Waals surface area contributed by atoms with Crippen molar-refractivity contribution in [2.45, 2.75) is 0 Å². The molecule has 0 aliphatic carbocycles. The molecule has 0 aliphatic heterocycles. The number of ketones is 1. The minimum Gasteiger partial charge on any atom is -0.287 e. The minimum atomic E-state index is -0.548. The fourth-order valence-corrected chi connectivity index (χ4v) is 1.21. The molecule has 1 aromatic carbocycles. The van der Waals surface area contributed by atoms with Crippen LogP contribution in [0.4, 0.5) is 4.39 Å². The first-order valence-electron chi connectivity index (χ1n) is 4.36. The highest BCUT2D eigenvalue weighted by Crippen LogP contribution is 2.10. The lowest BCUT2D eigenvalue weighted by Crippen LogP contribution is -2.06. The Kier molecular flexibility index (Phi) is 2.49. The van der Waals surface area contributed by atoms with Crippen molar-refractivity contribution in [3.8, 4) is 0 Å². The van der Waals surface area contributed by atoms with Gasteiger partial charge in [-0.1, -0.05) is 12.1 Å². The van der Waals surface area contributed by atoms with Crippen LogP contribution in [-0.2, 0) is 0 Å². The third-order valence-corrected chi connectivity index (χ3v) is 1.92. The molecule has 74 valence electrons. The molecule has 1 heterocycles. The highest BCUT2D eigenvalue weighted by molar-refractivity contribution is 6.07. The van der Waals surface area contributed by atoms with Crippen molar-refractivity contribution in [3.05, 3.63) is 59.7 Å². The van der Waals surface area contributed by atoms with E-state index in [0.29, 0.717) is 0 Å². The number of nitrogens with zero attached hydrogens (tertiary/aromatic N) is 2. The average Bonchev–Trinajstić information content (AvgIpc) is 2.30. The van der Waals surface area contributed by atoms with Crippen molar-refractivity contribution >= 4 is 5.78 Å². The molecular weight excluding hydrogens is 195 g/mol. The number of hydrogen-bond acceptors (Lipinski definition) is 3. The van der Waals surface area contributed by atoms with Crippen LogP contribution >= 0.6 is 0 Å². The fraction of sp³-hybridized carbons (Fsp3) is 0. The number of benzene rings is 1. The largest absolute Gasteiger partial charge is 0.287 e. The van der Waals surface area contributed by atoms with Crippen LogP contribution in [0, 0.1) is 5.82 Å². The van der Waals surface area contributed by atoms with E-state index in [2.05, 4.69) is 10.2 Å². The van der Waals surface area contributed by atoms with Gasteiger partial charge in [0.15, 0.2) is 0 Å². The molecule has 0 aliphatic rings. The summed E-state index contributed by atoms with van der Waals surface area (Å²) >= 11 is 0. The molecule has 0 N–H and O–H groups in total. The highest BCUT2D eigenvalue weighted by atomic mass is 19.1. The Morgan fingerprint density at radius 1 is 1.13 bits per heavy atom. The van der Waals surface area contributed by atoms with E-state index in [-0.39, 0.29) is 11.3 Å². The predicted octanol–water partition coefficient (Wildman–Crippen LogP) is 1.85. The van der Waals surface area contributed by atoms with Gasteiger partial charge in [0.1, 0.15) is 11.5 Å². The second kappa shape index (κ2) is 3.96. The van der Waals surface area contributed by atoms with E-state index in [4.69, 9.17) is 0 Å². The summed E-state index contributed by atoms with van der Waals surface area (Å²) < 4.78 is 13.3. The normalized spacial score (nSPS) is 9.93. The van der Waals surface area contributed by atoms with Crippen LogP contribution in [0.2, 0.25) is 0 Å². The Morgan fingerprint density at radius 2 is 1.93 bits per heavy atom. The molecule has 1 aromatic heterocycles. The van der Waals surface area contributed by atoms with E-state index in [9.17, 15) is 9.18 Å². The molecule has 15 heavy (non-hydrogen) atoms. The average molecular weight is 202 g/mol. The molecule has 2 aromatic rings. The number of aromatic nitrogens is 2. The highest BCUT2D eigenvalue weighted by Gasteiger charge is 2.14. The Morgan fingerprint density at radius 3 is 2.60 bits per heavy atom. The van der Waals surface area contributed by atoms with Gasteiger partial charge in [-0.2, -0.15) is 5.10 Å². The summed E-state index contributed by atoms with van der Waals surface area (Å²) in [6.45, 7) is 0. The van der Waals surface area contributed by atoms with Crippen LogP contribution in [0.25, 0.3) is 0 Å². The third kappa shape index (κ3) is 1.88. The van der Waals surface area contributed by atoms with Crippen LogP contribution in [0.5, 0.6) is 0 Å². The van der Waals surface area contributed by atoms with Gasteiger partial charge in [0.25, 0.3) is 0 Å². The maximum Gasteiger partial charge on any atom is 0.216 e. The number of carbonyl (C=O) groups is 1. The van der Waals surface area contributed by atoms with Gasteiger partial charge in [-0.25, -0.2) is 4.39 Å². The zero-order valence-corrected chi connectivity index (χ0v) is 7.72. The number of halogens is 1. The van der Waals surface area contributed by atoms with Crippen LogP contribution in [0.15, 0.2) is 42.6 Å². The van der Waals surface area contributed by atoms with E-state index < -0.39 is 11.6 Å². The van der Waals surface area contributed by atoms with Crippen molar-refractivity contribution in [1.29, 1.82) is 0 Å². The van der Waals surface area contributed by atoms with Crippen molar-refractivity contribution in [2.75, 3.05) is 0 Å². The van der Waals surface area contributed by atoms with E-state index in [0.717, 1.165) is 0 Å². The van der Waals surface area contributed by atoms with Gasteiger partial charge < -0.3 is 0 Å².